The van der Waals surface area contributed by atoms with Gasteiger partial charge in [0.25, 0.3) is 0 Å². The Bertz CT molecular complexity index is 1440. The number of amides is 2. The quantitative estimate of drug-likeness (QED) is 0.280. The average Bonchev–Trinajstić information content (AvgIpc) is 3.83. The zero-order chi connectivity index (χ0) is 30.6. The minimum atomic E-state index is -0.424. The van der Waals surface area contributed by atoms with Crippen LogP contribution in [0.15, 0.2) is 66.7 Å². The number of aryl methyl sites for hydroxylation is 1. The maximum Gasteiger partial charge on any atom is 0.409 e. The van der Waals surface area contributed by atoms with E-state index in [-0.39, 0.29) is 37.1 Å². The van der Waals surface area contributed by atoms with Gasteiger partial charge in [0.15, 0.2) is 0 Å². The second kappa shape index (κ2) is 13.4. The SMILES string of the molecule is COCCCOc1cc(C(NC(=O)[C@H]2C[C@@H](N)CN(C(=O)OCC3c4ccccc4-c4ccccc43)C2)C2CC2)ccc1C. The molecule has 2 fully saturated rings. The maximum absolute atomic E-state index is 13.7. The minimum absolute atomic E-state index is 0.0217. The fourth-order valence-electron chi connectivity index (χ4n) is 6.69. The summed E-state index contributed by atoms with van der Waals surface area (Å²) < 4.78 is 17.1. The van der Waals surface area contributed by atoms with Gasteiger partial charge in [-0.15, -0.1) is 0 Å². The zero-order valence-electron chi connectivity index (χ0n) is 25.7. The van der Waals surface area contributed by atoms with Crippen LogP contribution in [-0.2, 0) is 14.3 Å². The highest BCUT2D eigenvalue weighted by atomic mass is 16.6. The van der Waals surface area contributed by atoms with Gasteiger partial charge in [-0.25, -0.2) is 4.79 Å². The summed E-state index contributed by atoms with van der Waals surface area (Å²) in [5.41, 5.74) is 13.2. The van der Waals surface area contributed by atoms with E-state index in [0.717, 1.165) is 36.1 Å². The van der Waals surface area contributed by atoms with E-state index in [4.69, 9.17) is 19.9 Å². The molecule has 8 heteroatoms. The molecule has 1 heterocycles. The lowest BCUT2D eigenvalue weighted by Gasteiger charge is -2.36. The Balaban J connectivity index is 1.09. The second-order valence-corrected chi connectivity index (χ2v) is 12.4. The summed E-state index contributed by atoms with van der Waals surface area (Å²) in [6, 6.07) is 22.3. The molecule has 3 aliphatic rings. The molecule has 3 aromatic rings. The predicted octanol–water partition coefficient (Wildman–Crippen LogP) is 5.58. The van der Waals surface area contributed by atoms with Gasteiger partial charge in [0.05, 0.1) is 18.6 Å². The van der Waals surface area contributed by atoms with Crippen LogP contribution < -0.4 is 15.8 Å². The molecule has 232 valence electrons. The number of ether oxygens (including phenoxy) is 3. The molecule has 3 atom stereocenters. The van der Waals surface area contributed by atoms with Crippen molar-refractivity contribution in [1.29, 1.82) is 0 Å². The molecule has 1 saturated heterocycles. The molecule has 2 amide bonds. The van der Waals surface area contributed by atoms with Crippen LogP contribution in [0.4, 0.5) is 4.79 Å². The monoisotopic (exact) mass is 597 g/mol. The number of fused-ring (bicyclic) bond motifs is 3. The number of carbonyl (C=O) groups excluding carboxylic acids is 2. The summed E-state index contributed by atoms with van der Waals surface area (Å²) in [7, 11) is 1.69. The first-order valence-corrected chi connectivity index (χ1v) is 15.8. The molecular formula is C36H43N3O5. The average molecular weight is 598 g/mol. The molecule has 44 heavy (non-hydrogen) atoms. The number of nitrogens with one attached hydrogen (secondary N) is 1. The van der Waals surface area contributed by atoms with E-state index in [1.54, 1.807) is 12.0 Å². The summed E-state index contributed by atoms with van der Waals surface area (Å²) in [6.07, 6.45) is 3.05. The number of nitrogens with two attached hydrogens (primary N) is 1. The standard InChI is InChI=1S/C36H43N3O5/c1-23-12-13-25(19-33(23)43-17-7-16-42-2)34(24-14-15-24)38-35(40)26-18-27(37)21-39(20-26)36(41)44-22-32-30-10-5-3-8-28(30)29-9-4-6-11-31(29)32/h3-6,8-13,19,24,26-27,32,34H,7,14-18,20-22,37H2,1-2H3,(H,38,40)/t26-,27+,34?/m0/s1. The first-order chi connectivity index (χ1) is 21.4. The van der Waals surface area contributed by atoms with Crippen LogP contribution in [0.2, 0.25) is 0 Å². The molecule has 0 radical (unpaired) electrons. The first-order valence-electron chi connectivity index (χ1n) is 15.8. The van der Waals surface area contributed by atoms with Gasteiger partial charge in [-0.2, -0.15) is 0 Å². The summed E-state index contributed by atoms with van der Waals surface area (Å²) in [6.45, 7) is 4.15. The van der Waals surface area contributed by atoms with Crippen LogP contribution in [0.1, 0.15) is 59.9 Å². The van der Waals surface area contributed by atoms with E-state index in [1.165, 1.54) is 22.3 Å². The molecule has 3 N–H and O–H groups in total. The van der Waals surface area contributed by atoms with E-state index >= 15 is 0 Å². The Hall–Kier alpha value is -3.88. The van der Waals surface area contributed by atoms with E-state index in [0.29, 0.717) is 32.1 Å². The van der Waals surface area contributed by atoms with Gasteiger partial charge in [0, 0.05) is 45.2 Å². The fourth-order valence-corrected chi connectivity index (χ4v) is 6.69. The molecule has 3 aromatic carbocycles. The fraction of sp³-hybridized carbons (Fsp3) is 0.444. The number of piperidine rings is 1. The van der Waals surface area contributed by atoms with Gasteiger partial charge in [-0.1, -0.05) is 60.7 Å². The molecule has 0 bridgehead atoms. The normalized spacial score (nSPS) is 20.0. The lowest BCUT2D eigenvalue weighted by molar-refractivity contribution is -0.127. The Kier molecular flexibility index (Phi) is 9.19. The Morgan fingerprint density at radius 3 is 2.36 bits per heavy atom. The number of rotatable bonds is 11. The van der Waals surface area contributed by atoms with Gasteiger partial charge in [0.2, 0.25) is 5.91 Å². The smallest absolute Gasteiger partial charge is 0.409 e. The summed E-state index contributed by atoms with van der Waals surface area (Å²) in [5, 5.41) is 3.32. The van der Waals surface area contributed by atoms with Crippen LogP contribution in [0, 0.1) is 18.8 Å². The Morgan fingerprint density at radius 1 is 0.977 bits per heavy atom. The molecule has 1 unspecified atom stereocenters. The van der Waals surface area contributed by atoms with E-state index in [9.17, 15) is 9.59 Å². The molecule has 0 aromatic heterocycles. The summed E-state index contributed by atoms with van der Waals surface area (Å²) >= 11 is 0. The van der Waals surface area contributed by atoms with Crippen molar-refractivity contribution in [2.45, 2.75) is 50.6 Å². The number of hydrogen-bond acceptors (Lipinski definition) is 6. The van der Waals surface area contributed by atoms with Crippen molar-refractivity contribution in [3.63, 3.8) is 0 Å². The highest BCUT2D eigenvalue weighted by molar-refractivity contribution is 5.81. The summed E-state index contributed by atoms with van der Waals surface area (Å²) in [4.78, 5) is 28.6. The van der Waals surface area contributed by atoms with Crippen LogP contribution in [0.3, 0.4) is 0 Å². The van der Waals surface area contributed by atoms with Crippen molar-refractivity contribution >= 4 is 12.0 Å². The molecule has 1 aliphatic heterocycles. The van der Waals surface area contributed by atoms with E-state index < -0.39 is 12.0 Å². The van der Waals surface area contributed by atoms with Gasteiger partial charge >= 0.3 is 6.09 Å². The van der Waals surface area contributed by atoms with Crippen molar-refractivity contribution in [3.8, 4) is 16.9 Å². The largest absolute Gasteiger partial charge is 0.493 e. The molecule has 2 aliphatic carbocycles. The molecule has 6 rings (SSSR count). The molecular weight excluding hydrogens is 554 g/mol. The third kappa shape index (κ3) is 6.61. The highest BCUT2D eigenvalue weighted by Crippen LogP contribution is 2.45. The van der Waals surface area contributed by atoms with Crippen molar-refractivity contribution < 1.29 is 23.8 Å². The lowest BCUT2D eigenvalue weighted by Crippen LogP contribution is -2.53. The van der Waals surface area contributed by atoms with Crippen LogP contribution in [-0.4, -0.2) is 63.0 Å². The predicted molar refractivity (Wildman–Crippen MR) is 169 cm³/mol. The number of carbonyl (C=O) groups is 2. The van der Waals surface area contributed by atoms with Crippen molar-refractivity contribution in [1.82, 2.24) is 10.2 Å². The lowest BCUT2D eigenvalue weighted by atomic mass is 9.92. The van der Waals surface area contributed by atoms with E-state index in [1.807, 2.05) is 31.2 Å². The van der Waals surface area contributed by atoms with Gasteiger partial charge in [-0.3, -0.25) is 4.79 Å². The number of hydrogen-bond donors (Lipinski definition) is 2. The molecule has 1 saturated carbocycles. The third-order valence-electron chi connectivity index (χ3n) is 9.16. The third-order valence-corrected chi connectivity index (χ3v) is 9.16. The van der Waals surface area contributed by atoms with Crippen molar-refractivity contribution in [3.05, 3.63) is 89.0 Å². The van der Waals surface area contributed by atoms with Gasteiger partial charge < -0.3 is 30.2 Å². The topological polar surface area (TPSA) is 103 Å². The second-order valence-electron chi connectivity index (χ2n) is 12.4. The molecule has 8 nitrogen and oxygen atoms in total. The number of likely N-dealkylation sites (tertiary alicyclic amines) is 1. The summed E-state index contributed by atoms with van der Waals surface area (Å²) in [5.74, 6) is 0.719. The van der Waals surface area contributed by atoms with Crippen LogP contribution >= 0.6 is 0 Å². The number of benzene rings is 3. The van der Waals surface area contributed by atoms with Crippen molar-refractivity contribution in [2.75, 3.05) is 40.0 Å². The first kappa shape index (κ1) is 30.2. The Labute approximate surface area is 259 Å². The van der Waals surface area contributed by atoms with Crippen molar-refractivity contribution in [2.24, 2.45) is 17.6 Å². The van der Waals surface area contributed by atoms with Crippen LogP contribution in [0.25, 0.3) is 11.1 Å². The van der Waals surface area contributed by atoms with Gasteiger partial charge in [-0.05, 0) is 71.6 Å². The van der Waals surface area contributed by atoms with Crippen LogP contribution in [0.5, 0.6) is 5.75 Å². The highest BCUT2D eigenvalue weighted by Gasteiger charge is 2.38. The number of nitrogens with zero attached hydrogens (tertiary/aromatic N) is 1. The zero-order valence-corrected chi connectivity index (χ0v) is 25.7. The Morgan fingerprint density at radius 2 is 1.68 bits per heavy atom. The maximum atomic E-state index is 13.7. The van der Waals surface area contributed by atoms with Gasteiger partial charge in [0.1, 0.15) is 12.4 Å². The molecule has 0 spiro atoms. The minimum Gasteiger partial charge on any atom is -0.493 e. The number of methoxy groups -OCH3 is 1. The van der Waals surface area contributed by atoms with E-state index in [2.05, 4.69) is 47.8 Å².